The van der Waals surface area contributed by atoms with E-state index >= 15 is 0 Å². The fourth-order valence-corrected chi connectivity index (χ4v) is 3.59. The molecule has 3 rings (SSSR count). The van der Waals surface area contributed by atoms with E-state index in [-0.39, 0.29) is 11.9 Å². The molecule has 26 heavy (non-hydrogen) atoms. The summed E-state index contributed by atoms with van der Waals surface area (Å²) < 4.78 is 2.13. The molecule has 1 aromatic carbocycles. The van der Waals surface area contributed by atoms with E-state index in [4.69, 9.17) is 0 Å². The second-order valence-corrected chi connectivity index (χ2v) is 6.58. The van der Waals surface area contributed by atoms with Crippen LogP contribution in [0.25, 0.3) is 5.69 Å². The van der Waals surface area contributed by atoms with Crippen molar-refractivity contribution in [1.29, 1.82) is 0 Å². The van der Waals surface area contributed by atoms with Gasteiger partial charge in [0, 0.05) is 36.5 Å². The number of pyridine rings is 1. The quantitative estimate of drug-likeness (QED) is 0.670. The lowest BCUT2D eigenvalue weighted by Gasteiger charge is -2.27. The number of nitrogens with zero attached hydrogens (tertiary/aromatic N) is 3. The maximum absolute atomic E-state index is 13.2. The SMILES string of the molecule is CCC(c1cccnc1)N(C)C(=O)c1cc(C)n(-c2ccccc2)c1C. The van der Waals surface area contributed by atoms with Gasteiger partial charge in [-0.1, -0.05) is 31.2 Å². The number of aromatic nitrogens is 2. The van der Waals surface area contributed by atoms with Crippen LogP contribution in [0.2, 0.25) is 0 Å². The van der Waals surface area contributed by atoms with Crippen molar-refractivity contribution < 1.29 is 4.79 Å². The van der Waals surface area contributed by atoms with Gasteiger partial charge in [0.05, 0.1) is 11.6 Å². The van der Waals surface area contributed by atoms with Crippen LogP contribution in [0.4, 0.5) is 0 Å². The van der Waals surface area contributed by atoms with Crippen LogP contribution in [-0.4, -0.2) is 27.4 Å². The second-order valence-electron chi connectivity index (χ2n) is 6.58. The summed E-state index contributed by atoms with van der Waals surface area (Å²) in [5.74, 6) is 0.0379. The van der Waals surface area contributed by atoms with Crippen LogP contribution in [0.1, 0.15) is 46.7 Å². The molecule has 134 valence electrons. The zero-order chi connectivity index (χ0) is 18.7. The number of hydrogen-bond acceptors (Lipinski definition) is 2. The Morgan fingerprint density at radius 2 is 1.88 bits per heavy atom. The largest absolute Gasteiger partial charge is 0.335 e. The summed E-state index contributed by atoms with van der Waals surface area (Å²) in [4.78, 5) is 19.3. The number of aryl methyl sites for hydroxylation is 1. The van der Waals surface area contributed by atoms with Crippen molar-refractivity contribution in [2.45, 2.75) is 33.2 Å². The minimum Gasteiger partial charge on any atom is -0.335 e. The molecule has 1 amide bonds. The molecule has 2 heterocycles. The average molecular weight is 347 g/mol. The molecule has 0 N–H and O–H groups in total. The number of benzene rings is 1. The Morgan fingerprint density at radius 3 is 2.50 bits per heavy atom. The number of rotatable bonds is 5. The fraction of sp³-hybridized carbons (Fsp3) is 0.273. The van der Waals surface area contributed by atoms with Crippen molar-refractivity contribution in [2.75, 3.05) is 7.05 Å². The Balaban J connectivity index is 1.95. The number of carbonyl (C=O) groups is 1. The van der Waals surface area contributed by atoms with Crippen molar-refractivity contribution in [3.8, 4) is 5.69 Å². The summed E-state index contributed by atoms with van der Waals surface area (Å²) in [6.45, 7) is 6.13. The third-order valence-corrected chi connectivity index (χ3v) is 4.92. The van der Waals surface area contributed by atoms with Gasteiger partial charge in [-0.2, -0.15) is 0 Å². The molecule has 4 nitrogen and oxygen atoms in total. The Labute approximate surface area is 155 Å². The van der Waals surface area contributed by atoms with E-state index in [2.05, 4.69) is 28.6 Å². The molecule has 1 unspecified atom stereocenters. The summed E-state index contributed by atoms with van der Waals surface area (Å²) >= 11 is 0. The highest BCUT2D eigenvalue weighted by Crippen LogP contribution is 2.27. The van der Waals surface area contributed by atoms with Crippen LogP contribution in [0, 0.1) is 13.8 Å². The molecular formula is C22H25N3O. The van der Waals surface area contributed by atoms with Crippen LogP contribution in [0.15, 0.2) is 60.9 Å². The van der Waals surface area contributed by atoms with Crippen LogP contribution in [0.3, 0.4) is 0 Å². The summed E-state index contributed by atoms with van der Waals surface area (Å²) in [6, 6.07) is 16.1. The number of carbonyl (C=O) groups excluding carboxylic acids is 1. The summed E-state index contributed by atoms with van der Waals surface area (Å²) in [5, 5.41) is 0. The Bertz CT molecular complexity index is 885. The first-order valence-corrected chi connectivity index (χ1v) is 8.96. The molecule has 0 fully saturated rings. The van der Waals surface area contributed by atoms with Gasteiger partial charge in [0.25, 0.3) is 5.91 Å². The van der Waals surface area contributed by atoms with Crippen LogP contribution < -0.4 is 0 Å². The van der Waals surface area contributed by atoms with E-state index in [1.54, 1.807) is 6.20 Å². The van der Waals surface area contributed by atoms with Crippen LogP contribution in [-0.2, 0) is 0 Å². The van der Waals surface area contributed by atoms with E-state index in [1.165, 1.54) is 0 Å². The van der Waals surface area contributed by atoms with E-state index in [9.17, 15) is 4.79 Å². The number of para-hydroxylation sites is 1. The monoisotopic (exact) mass is 347 g/mol. The van der Waals surface area contributed by atoms with Gasteiger partial charge in [-0.3, -0.25) is 9.78 Å². The number of hydrogen-bond donors (Lipinski definition) is 0. The highest BCUT2D eigenvalue weighted by Gasteiger charge is 2.25. The maximum atomic E-state index is 13.2. The zero-order valence-electron chi connectivity index (χ0n) is 15.8. The molecule has 4 heteroatoms. The van der Waals surface area contributed by atoms with Gasteiger partial charge in [-0.15, -0.1) is 0 Å². The van der Waals surface area contributed by atoms with Gasteiger partial charge in [0.2, 0.25) is 0 Å². The molecule has 0 aliphatic heterocycles. The molecule has 0 spiro atoms. The molecule has 1 atom stereocenters. The first kappa shape index (κ1) is 17.9. The van der Waals surface area contributed by atoms with E-state index in [1.807, 2.05) is 68.4 Å². The Kier molecular flexibility index (Phi) is 5.21. The van der Waals surface area contributed by atoms with Crippen molar-refractivity contribution in [3.05, 3.63) is 83.4 Å². The molecule has 0 aliphatic rings. The minimum atomic E-state index is 0.0102. The van der Waals surface area contributed by atoms with E-state index in [0.717, 1.165) is 34.6 Å². The van der Waals surface area contributed by atoms with Gasteiger partial charge in [-0.05, 0) is 50.1 Å². The summed E-state index contributed by atoms with van der Waals surface area (Å²) in [7, 11) is 1.87. The predicted molar refractivity (Wildman–Crippen MR) is 105 cm³/mol. The Morgan fingerprint density at radius 1 is 1.15 bits per heavy atom. The van der Waals surface area contributed by atoms with Crippen molar-refractivity contribution in [3.63, 3.8) is 0 Å². The third-order valence-electron chi connectivity index (χ3n) is 4.92. The lowest BCUT2D eigenvalue weighted by molar-refractivity contribution is 0.0725. The highest BCUT2D eigenvalue weighted by atomic mass is 16.2. The van der Waals surface area contributed by atoms with E-state index in [0.29, 0.717) is 0 Å². The highest BCUT2D eigenvalue weighted by molar-refractivity contribution is 5.96. The van der Waals surface area contributed by atoms with Crippen LogP contribution >= 0.6 is 0 Å². The first-order chi connectivity index (χ1) is 12.5. The normalized spacial score (nSPS) is 12.0. The molecule has 2 aromatic heterocycles. The first-order valence-electron chi connectivity index (χ1n) is 8.96. The van der Waals surface area contributed by atoms with Gasteiger partial charge >= 0.3 is 0 Å². The third kappa shape index (κ3) is 3.27. The second kappa shape index (κ2) is 7.56. The predicted octanol–water partition coefficient (Wildman–Crippen LogP) is 4.71. The summed E-state index contributed by atoms with van der Waals surface area (Å²) in [5.41, 5.74) is 4.90. The molecule has 3 aromatic rings. The molecular weight excluding hydrogens is 322 g/mol. The van der Waals surface area contributed by atoms with E-state index < -0.39 is 0 Å². The molecule has 0 saturated heterocycles. The smallest absolute Gasteiger partial charge is 0.255 e. The maximum Gasteiger partial charge on any atom is 0.255 e. The summed E-state index contributed by atoms with van der Waals surface area (Å²) in [6.07, 6.45) is 4.43. The average Bonchev–Trinajstić information content (AvgIpc) is 2.97. The lowest BCUT2D eigenvalue weighted by Crippen LogP contribution is -2.31. The Hall–Kier alpha value is -2.88. The van der Waals surface area contributed by atoms with Gasteiger partial charge < -0.3 is 9.47 Å². The molecule has 0 aliphatic carbocycles. The lowest BCUT2D eigenvalue weighted by atomic mass is 10.0. The standard InChI is InChI=1S/C22H25N3O/c1-5-21(18-10-9-13-23-15-18)24(4)22(26)20-14-16(2)25(17(20)3)19-11-7-6-8-12-19/h6-15,21H,5H2,1-4H3. The minimum absolute atomic E-state index is 0.0102. The van der Waals surface area contributed by atoms with Crippen molar-refractivity contribution >= 4 is 5.91 Å². The zero-order valence-corrected chi connectivity index (χ0v) is 15.8. The molecule has 0 bridgehead atoms. The van der Waals surface area contributed by atoms with Gasteiger partial charge in [-0.25, -0.2) is 0 Å². The number of amides is 1. The fourth-order valence-electron chi connectivity index (χ4n) is 3.59. The van der Waals surface area contributed by atoms with Crippen molar-refractivity contribution in [2.24, 2.45) is 0 Å². The topological polar surface area (TPSA) is 38.1 Å². The van der Waals surface area contributed by atoms with Crippen LogP contribution in [0.5, 0.6) is 0 Å². The van der Waals surface area contributed by atoms with Crippen molar-refractivity contribution in [1.82, 2.24) is 14.5 Å². The van der Waals surface area contributed by atoms with Gasteiger partial charge in [0.1, 0.15) is 0 Å². The van der Waals surface area contributed by atoms with Gasteiger partial charge in [0.15, 0.2) is 0 Å². The molecule has 0 saturated carbocycles. The molecule has 0 radical (unpaired) electrons.